The van der Waals surface area contributed by atoms with Crippen molar-refractivity contribution in [3.8, 4) is 0 Å². The number of hydrogen-bond acceptors (Lipinski definition) is 6. The molecular formula is C42H75N2NaO6S. The number of rotatable bonds is 36. The molecule has 10 heteroatoms. The van der Waals surface area contributed by atoms with Crippen LogP contribution in [0, 0.1) is 0 Å². The summed E-state index contributed by atoms with van der Waals surface area (Å²) in [7, 11) is -4.86. The van der Waals surface area contributed by atoms with E-state index in [2.05, 4.69) is 28.7 Å². The minimum absolute atomic E-state index is 0. The summed E-state index contributed by atoms with van der Waals surface area (Å²) < 4.78 is 37.3. The van der Waals surface area contributed by atoms with Gasteiger partial charge in [0.1, 0.15) is 0 Å². The molecule has 1 rings (SSSR count). The molecule has 0 bridgehead atoms. The second kappa shape index (κ2) is 35.7. The summed E-state index contributed by atoms with van der Waals surface area (Å²) in [6, 6.07) is 4.75. The van der Waals surface area contributed by atoms with Gasteiger partial charge < -0.3 is 15.2 Å². The molecule has 0 aliphatic rings. The minimum atomic E-state index is -4.86. The number of carbonyl (C=O) groups excluding carboxylic acids is 2. The van der Waals surface area contributed by atoms with Crippen molar-refractivity contribution in [2.75, 3.05) is 10.6 Å². The maximum atomic E-state index is 12.8. The van der Waals surface area contributed by atoms with E-state index >= 15 is 0 Å². The Morgan fingerprint density at radius 1 is 0.519 bits per heavy atom. The van der Waals surface area contributed by atoms with Crippen LogP contribution in [0.15, 0.2) is 18.2 Å². The van der Waals surface area contributed by atoms with Gasteiger partial charge in [0.2, 0.25) is 22.2 Å². The van der Waals surface area contributed by atoms with Crippen LogP contribution in [0.4, 0.5) is 11.4 Å². The standard InChI is InChI=1S/C42H76N2O6S.Na/c1-3-5-7-9-11-13-15-17-19-21-23-24-26-28-30-32-41(45)43-39-35-34-38(37-50-51(47,48)49)36-40(39)44-42(46)33-31-29-27-25-22-20-18-16-14-12-10-8-6-4-2;/h34-36H,3-33,37H2,1-2H3,(H,43,45)(H,44,46)(H,47,48,49);/q;+1/p-1. The molecule has 0 atom stereocenters. The predicted octanol–water partition coefficient (Wildman–Crippen LogP) is 9.68. The van der Waals surface area contributed by atoms with Crippen LogP contribution in [0.1, 0.15) is 218 Å². The molecule has 0 saturated carbocycles. The van der Waals surface area contributed by atoms with Gasteiger partial charge in [-0.1, -0.05) is 193 Å². The fourth-order valence-corrected chi connectivity index (χ4v) is 6.88. The van der Waals surface area contributed by atoms with Gasteiger partial charge >= 0.3 is 29.6 Å². The van der Waals surface area contributed by atoms with Crippen molar-refractivity contribution < 1.29 is 56.3 Å². The van der Waals surface area contributed by atoms with Crippen LogP contribution in [0.5, 0.6) is 0 Å². The number of amides is 2. The maximum absolute atomic E-state index is 12.8. The minimum Gasteiger partial charge on any atom is -0.726 e. The number of carbonyl (C=O) groups is 2. The van der Waals surface area contributed by atoms with Gasteiger partial charge in [-0.15, -0.1) is 0 Å². The van der Waals surface area contributed by atoms with Crippen molar-refractivity contribution in [2.24, 2.45) is 0 Å². The first-order valence-electron chi connectivity index (χ1n) is 21.1. The fourth-order valence-electron chi connectivity index (χ4n) is 6.60. The first-order chi connectivity index (χ1) is 24.7. The number of unbranched alkanes of at least 4 members (excludes halogenated alkanes) is 27. The zero-order chi connectivity index (χ0) is 37.3. The molecule has 1 aromatic rings. The molecule has 2 amide bonds. The quantitative estimate of drug-likeness (QED) is 0.0304. The van der Waals surface area contributed by atoms with E-state index in [0.717, 1.165) is 38.5 Å². The molecule has 0 aromatic heterocycles. The zero-order valence-electron chi connectivity index (χ0n) is 33.7. The first-order valence-corrected chi connectivity index (χ1v) is 22.4. The molecule has 1 aromatic carbocycles. The van der Waals surface area contributed by atoms with E-state index in [-0.39, 0.29) is 41.4 Å². The molecule has 0 saturated heterocycles. The molecule has 0 radical (unpaired) electrons. The van der Waals surface area contributed by atoms with E-state index in [0.29, 0.717) is 29.8 Å². The van der Waals surface area contributed by atoms with E-state index in [1.54, 1.807) is 18.2 Å². The number of benzene rings is 1. The van der Waals surface area contributed by atoms with Crippen LogP contribution in [0.3, 0.4) is 0 Å². The molecule has 296 valence electrons. The second-order valence-electron chi connectivity index (χ2n) is 14.7. The van der Waals surface area contributed by atoms with Gasteiger partial charge in [-0.05, 0) is 30.5 Å². The largest absolute Gasteiger partial charge is 1.00 e. The van der Waals surface area contributed by atoms with Gasteiger partial charge in [0.15, 0.2) is 0 Å². The summed E-state index contributed by atoms with van der Waals surface area (Å²) in [5.74, 6) is -0.292. The van der Waals surface area contributed by atoms with Crippen molar-refractivity contribution in [2.45, 2.75) is 219 Å². The summed E-state index contributed by atoms with van der Waals surface area (Å²) in [6.45, 7) is 4.07. The average Bonchev–Trinajstić information content (AvgIpc) is 3.09. The third kappa shape index (κ3) is 32.5. The normalized spacial score (nSPS) is 11.4. The molecular weight excluding hydrogens is 684 g/mol. The Kier molecular flexibility index (Phi) is 35.0. The van der Waals surface area contributed by atoms with Crippen molar-refractivity contribution in [1.29, 1.82) is 0 Å². The summed E-state index contributed by atoms with van der Waals surface area (Å²) in [5, 5.41) is 5.80. The number of nitrogens with one attached hydrogen (secondary N) is 2. The van der Waals surface area contributed by atoms with Crippen LogP contribution < -0.4 is 40.2 Å². The van der Waals surface area contributed by atoms with Crippen molar-refractivity contribution >= 4 is 33.6 Å². The van der Waals surface area contributed by atoms with Crippen molar-refractivity contribution in [3.63, 3.8) is 0 Å². The fraction of sp³-hybridized carbons (Fsp3) is 0.810. The Morgan fingerprint density at radius 3 is 1.15 bits per heavy atom. The molecule has 0 spiro atoms. The van der Waals surface area contributed by atoms with Crippen LogP contribution in [0.2, 0.25) is 0 Å². The van der Waals surface area contributed by atoms with E-state index in [1.807, 2.05) is 0 Å². The van der Waals surface area contributed by atoms with Crippen molar-refractivity contribution in [1.82, 2.24) is 0 Å². The van der Waals surface area contributed by atoms with Crippen LogP contribution in [-0.4, -0.2) is 24.8 Å². The molecule has 2 N–H and O–H groups in total. The Labute approximate surface area is 341 Å². The molecule has 0 unspecified atom stereocenters. The Morgan fingerprint density at radius 2 is 0.827 bits per heavy atom. The Bertz CT molecular complexity index is 1120. The molecule has 0 heterocycles. The van der Waals surface area contributed by atoms with Crippen molar-refractivity contribution in [3.05, 3.63) is 23.8 Å². The molecule has 52 heavy (non-hydrogen) atoms. The smallest absolute Gasteiger partial charge is 0.726 e. The van der Waals surface area contributed by atoms with Gasteiger partial charge in [-0.2, -0.15) is 0 Å². The van der Waals surface area contributed by atoms with E-state index in [9.17, 15) is 22.6 Å². The van der Waals surface area contributed by atoms with E-state index in [1.165, 1.54) is 148 Å². The zero-order valence-corrected chi connectivity index (χ0v) is 36.5. The SMILES string of the molecule is CCCCCCCCCCCCCCCCCC(=O)Nc1ccc(COS(=O)(=O)[O-])cc1NC(=O)CCCCCCCCCCCCCCCC.[Na+]. The van der Waals surface area contributed by atoms with Crippen LogP contribution >= 0.6 is 0 Å². The second-order valence-corrected chi connectivity index (χ2v) is 15.7. The summed E-state index contributed by atoms with van der Waals surface area (Å²) in [5.41, 5.74) is 1.23. The molecule has 0 fully saturated rings. The molecule has 0 aliphatic heterocycles. The monoisotopic (exact) mass is 759 g/mol. The summed E-state index contributed by atoms with van der Waals surface area (Å²) in [4.78, 5) is 25.6. The Balaban J connectivity index is 0.0000260. The van der Waals surface area contributed by atoms with Gasteiger partial charge in [0, 0.05) is 12.8 Å². The third-order valence-corrected chi connectivity index (χ3v) is 10.2. The third-order valence-electron chi connectivity index (χ3n) is 9.77. The van der Waals surface area contributed by atoms with Crippen LogP contribution in [0.25, 0.3) is 0 Å². The summed E-state index contributed by atoms with van der Waals surface area (Å²) >= 11 is 0. The van der Waals surface area contributed by atoms with Gasteiger partial charge in [0.05, 0.1) is 18.0 Å². The first kappa shape index (κ1) is 51.0. The average molecular weight is 759 g/mol. The van der Waals surface area contributed by atoms with E-state index in [4.69, 9.17) is 0 Å². The Hall–Kier alpha value is -0.970. The topological polar surface area (TPSA) is 125 Å². The number of anilines is 2. The maximum Gasteiger partial charge on any atom is 1.00 e. The molecule has 8 nitrogen and oxygen atoms in total. The van der Waals surface area contributed by atoms with Gasteiger partial charge in [-0.3, -0.25) is 13.8 Å². The van der Waals surface area contributed by atoms with Gasteiger partial charge in [0.25, 0.3) is 0 Å². The summed E-state index contributed by atoms with van der Waals surface area (Å²) in [6.07, 6.45) is 37.1. The van der Waals surface area contributed by atoms with Crippen LogP contribution in [-0.2, 0) is 30.8 Å². The van der Waals surface area contributed by atoms with E-state index < -0.39 is 17.0 Å². The van der Waals surface area contributed by atoms with Gasteiger partial charge in [-0.25, -0.2) is 8.42 Å². The number of hydrogen-bond donors (Lipinski definition) is 2. The molecule has 0 aliphatic carbocycles. The predicted molar refractivity (Wildman–Crippen MR) is 213 cm³/mol.